The first kappa shape index (κ1) is 20.4. The molecule has 2 heterocycles. The molecule has 1 unspecified atom stereocenters. The number of sulfonamides is 1. The van der Waals surface area contributed by atoms with Crippen molar-refractivity contribution in [3.05, 3.63) is 88.7 Å². The first-order chi connectivity index (χ1) is 14.4. The summed E-state index contributed by atoms with van der Waals surface area (Å²) in [6.45, 7) is 1.88. The molecule has 0 fully saturated rings. The van der Waals surface area contributed by atoms with Crippen LogP contribution in [0.3, 0.4) is 0 Å². The summed E-state index contributed by atoms with van der Waals surface area (Å²) < 4.78 is 33.4. The number of esters is 1. The van der Waals surface area contributed by atoms with Gasteiger partial charge in [-0.05, 0) is 49.2 Å². The summed E-state index contributed by atoms with van der Waals surface area (Å²) in [4.78, 5) is 16.5. The number of para-hydroxylation sites is 1. The number of ether oxygens (including phenoxy) is 1. The maximum absolute atomic E-state index is 13.3. The predicted octanol–water partition coefficient (Wildman–Crippen LogP) is 4.23. The predicted molar refractivity (Wildman–Crippen MR) is 114 cm³/mol. The van der Waals surface area contributed by atoms with E-state index in [0.717, 1.165) is 5.56 Å². The number of anilines is 1. The van der Waals surface area contributed by atoms with Crippen molar-refractivity contribution < 1.29 is 17.9 Å². The molecular weight excluding hydrogens is 424 g/mol. The van der Waals surface area contributed by atoms with E-state index in [4.69, 9.17) is 16.3 Å². The van der Waals surface area contributed by atoms with Gasteiger partial charge in [-0.1, -0.05) is 41.9 Å². The monoisotopic (exact) mass is 442 g/mol. The number of nitrogens with zero attached hydrogens (tertiary/aromatic N) is 2. The maximum Gasteiger partial charge on any atom is 0.338 e. The summed E-state index contributed by atoms with van der Waals surface area (Å²) in [5.41, 5.74) is 2.51. The summed E-state index contributed by atoms with van der Waals surface area (Å²) in [6, 6.07) is 16.5. The molecule has 0 aliphatic carbocycles. The van der Waals surface area contributed by atoms with Gasteiger partial charge in [-0.25, -0.2) is 18.2 Å². The smallest absolute Gasteiger partial charge is 0.338 e. The van der Waals surface area contributed by atoms with E-state index in [0.29, 0.717) is 22.8 Å². The van der Waals surface area contributed by atoms with E-state index in [9.17, 15) is 13.2 Å². The van der Waals surface area contributed by atoms with Crippen LogP contribution in [0.15, 0.2) is 71.8 Å². The van der Waals surface area contributed by atoms with Gasteiger partial charge in [0.15, 0.2) is 0 Å². The highest BCUT2D eigenvalue weighted by Crippen LogP contribution is 2.36. The summed E-state index contributed by atoms with van der Waals surface area (Å²) >= 11 is 5.75. The molecular formula is C22H19ClN2O4S. The highest BCUT2D eigenvalue weighted by Gasteiger charge is 2.36. The summed E-state index contributed by atoms with van der Waals surface area (Å²) in [5, 5.41) is 0.348. The molecule has 6 nitrogen and oxygen atoms in total. The maximum atomic E-state index is 13.3. The third-order valence-corrected chi connectivity index (χ3v) is 7.08. The van der Waals surface area contributed by atoms with Gasteiger partial charge in [-0.3, -0.25) is 4.31 Å². The van der Waals surface area contributed by atoms with E-state index in [1.165, 1.54) is 28.7 Å². The van der Waals surface area contributed by atoms with Gasteiger partial charge in [0.1, 0.15) is 11.8 Å². The lowest BCUT2D eigenvalue weighted by molar-refractivity contribution is 0.0472. The second-order valence-electron chi connectivity index (χ2n) is 7.08. The number of carbonyl (C=O) groups is 1. The van der Waals surface area contributed by atoms with E-state index in [1.807, 2.05) is 25.1 Å². The Kier molecular flexibility index (Phi) is 5.49. The molecule has 1 aliphatic rings. The van der Waals surface area contributed by atoms with Crippen LogP contribution in [0.1, 0.15) is 28.4 Å². The average Bonchev–Trinajstić information content (AvgIpc) is 3.09. The Hall–Kier alpha value is -2.90. The van der Waals surface area contributed by atoms with Gasteiger partial charge in [0.2, 0.25) is 0 Å². The van der Waals surface area contributed by atoms with Gasteiger partial charge in [-0.2, -0.15) is 0 Å². The molecule has 2 aromatic carbocycles. The molecule has 4 rings (SSSR count). The Morgan fingerprint density at radius 1 is 1.17 bits per heavy atom. The van der Waals surface area contributed by atoms with Gasteiger partial charge in [0, 0.05) is 17.8 Å². The minimum atomic E-state index is -3.83. The molecule has 0 radical (unpaired) electrons. The van der Waals surface area contributed by atoms with Crippen LogP contribution in [-0.2, 0) is 27.8 Å². The molecule has 154 valence electrons. The molecule has 1 aliphatic heterocycles. The second-order valence-corrected chi connectivity index (χ2v) is 9.28. The van der Waals surface area contributed by atoms with Crippen LogP contribution in [-0.4, -0.2) is 25.4 Å². The molecule has 1 aromatic heterocycles. The van der Waals surface area contributed by atoms with E-state index in [2.05, 4.69) is 4.98 Å². The van der Waals surface area contributed by atoms with Crippen molar-refractivity contribution in [2.24, 2.45) is 0 Å². The molecule has 0 bridgehead atoms. The van der Waals surface area contributed by atoms with E-state index in [-0.39, 0.29) is 23.1 Å². The first-order valence-electron chi connectivity index (χ1n) is 9.36. The first-order valence-corrected chi connectivity index (χ1v) is 11.2. The number of pyridine rings is 1. The van der Waals surface area contributed by atoms with Crippen LogP contribution in [0, 0.1) is 0 Å². The third kappa shape index (κ3) is 3.91. The lowest BCUT2D eigenvalue weighted by atomic mass is 10.1. The SMILES string of the molecule is CC1Cc2ccccc2N1S(=O)(=O)c1cccc(C(=O)OCc2ccc(Cl)nc2)c1. The van der Waals surface area contributed by atoms with Gasteiger partial charge < -0.3 is 4.74 Å². The fourth-order valence-electron chi connectivity index (χ4n) is 3.52. The van der Waals surface area contributed by atoms with Crippen molar-refractivity contribution in [2.75, 3.05) is 4.31 Å². The van der Waals surface area contributed by atoms with Crippen molar-refractivity contribution in [3.63, 3.8) is 0 Å². The minimum Gasteiger partial charge on any atom is -0.457 e. The molecule has 0 saturated heterocycles. The Labute approximate surface area is 180 Å². The Morgan fingerprint density at radius 2 is 1.97 bits per heavy atom. The molecule has 1 atom stereocenters. The van der Waals surface area contributed by atoms with E-state index >= 15 is 0 Å². The van der Waals surface area contributed by atoms with Crippen LogP contribution in [0.4, 0.5) is 5.69 Å². The van der Waals surface area contributed by atoms with Crippen LogP contribution in [0.5, 0.6) is 0 Å². The molecule has 8 heteroatoms. The number of rotatable bonds is 5. The lowest BCUT2D eigenvalue weighted by Gasteiger charge is -2.24. The zero-order chi connectivity index (χ0) is 21.3. The van der Waals surface area contributed by atoms with Crippen molar-refractivity contribution in [1.82, 2.24) is 4.98 Å². The summed E-state index contributed by atoms with van der Waals surface area (Å²) in [5.74, 6) is -0.614. The summed E-state index contributed by atoms with van der Waals surface area (Å²) in [6.07, 6.45) is 2.16. The zero-order valence-corrected chi connectivity index (χ0v) is 17.7. The molecule has 0 N–H and O–H groups in total. The highest BCUT2D eigenvalue weighted by atomic mass is 35.5. The number of halogens is 1. The fraction of sp³-hybridized carbons (Fsp3) is 0.182. The topological polar surface area (TPSA) is 76.6 Å². The molecule has 0 amide bonds. The van der Waals surface area contributed by atoms with Gasteiger partial charge >= 0.3 is 5.97 Å². The van der Waals surface area contributed by atoms with Crippen molar-refractivity contribution >= 4 is 33.3 Å². The normalized spacial score (nSPS) is 15.7. The lowest BCUT2D eigenvalue weighted by Crippen LogP contribution is -2.35. The molecule has 30 heavy (non-hydrogen) atoms. The number of carbonyl (C=O) groups excluding carboxylic acids is 1. The largest absolute Gasteiger partial charge is 0.457 e. The van der Waals surface area contributed by atoms with Crippen LogP contribution in [0.25, 0.3) is 0 Å². The quantitative estimate of drug-likeness (QED) is 0.436. The fourth-order valence-corrected chi connectivity index (χ4v) is 5.38. The molecule has 0 spiro atoms. The third-order valence-electron chi connectivity index (χ3n) is 4.93. The van der Waals surface area contributed by atoms with Gasteiger partial charge in [0.25, 0.3) is 10.0 Å². The zero-order valence-electron chi connectivity index (χ0n) is 16.2. The Balaban J connectivity index is 1.57. The van der Waals surface area contributed by atoms with Crippen molar-refractivity contribution in [3.8, 4) is 0 Å². The standard InChI is InChI=1S/C22H19ClN2O4S/c1-15-11-17-5-2-3-8-20(17)25(15)30(27,28)19-7-4-6-18(12-19)22(26)29-14-16-9-10-21(23)24-13-16/h2-10,12-13,15H,11,14H2,1H3. The number of hydrogen-bond acceptors (Lipinski definition) is 5. The Bertz CT molecular complexity index is 1200. The van der Waals surface area contributed by atoms with Crippen LogP contribution >= 0.6 is 11.6 Å². The molecule has 3 aromatic rings. The van der Waals surface area contributed by atoms with E-state index in [1.54, 1.807) is 24.3 Å². The second kappa shape index (κ2) is 8.08. The number of benzene rings is 2. The number of hydrogen-bond donors (Lipinski definition) is 0. The minimum absolute atomic E-state index is 0.0104. The van der Waals surface area contributed by atoms with Crippen molar-refractivity contribution in [2.45, 2.75) is 30.9 Å². The average molecular weight is 443 g/mol. The van der Waals surface area contributed by atoms with Crippen LogP contribution in [0.2, 0.25) is 5.15 Å². The highest BCUT2D eigenvalue weighted by molar-refractivity contribution is 7.92. The summed E-state index contributed by atoms with van der Waals surface area (Å²) in [7, 11) is -3.83. The van der Waals surface area contributed by atoms with Crippen LogP contribution < -0.4 is 4.31 Å². The van der Waals surface area contributed by atoms with Crippen molar-refractivity contribution in [1.29, 1.82) is 0 Å². The van der Waals surface area contributed by atoms with Gasteiger partial charge in [-0.15, -0.1) is 0 Å². The Morgan fingerprint density at radius 3 is 2.73 bits per heavy atom. The molecule has 0 saturated carbocycles. The van der Waals surface area contributed by atoms with Gasteiger partial charge in [0.05, 0.1) is 16.1 Å². The van der Waals surface area contributed by atoms with E-state index < -0.39 is 16.0 Å². The number of aromatic nitrogens is 1. The number of fused-ring (bicyclic) bond motifs is 1.